The van der Waals surface area contributed by atoms with Gasteiger partial charge in [-0.2, -0.15) is 0 Å². The zero-order chi connectivity index (χ0) is 21.3. The number of nitrogens with zero attached hydrogens (tertiary/aromatic N) is 2. The Kier molecular flexibility index (Phi) is 6.09. The Morgan fingerprint density at radius 2 is 1.43 bits per heavy atom. The van der Waals surface area contributed by atoms with Crippen molar-refractivity contribution in [2.24, 2.45) is 0 Å². The molecule has 152 valence electrons. The molecule has 1 aliphatic heterocycles. The molecule has 1 saturated heterocycles. The number of rotatable bonds is 4. The first kappa shape index (κ1) is 20.9. The maximum atomic E-state index is 13.4. The molecule has 0 aromatic heterocycles. The molecule has 3 aromatic rings. The second-order valence-electron chi connectivity index (χ2n) is 7.17. The van der Waals surface area contributed by atoms with Crippen LogP contribution >= 0.6 is 35.0 Å². The fraction of sp³-hybridized carbons (Fsp3) is 0.125. The van der Waals surface area contributed by atoms with Crippen LogP contribution < -0.4 is 9.80 Å². The summed E-state index contributed by atoms with van der Waals surface area (Å²) in [4.78, 5) is 18.0. The Labute approximate surface area is 190 Å². The van der Waals surface area contributed by atoms with Gasteiger partial charge >= 0.3 is 0 Å². The van der Waals surface area contributed by atoms with Crippen molar-refractivity contribution in [2.75, 3.05) is 23.9 Å². The van der Waals surface area contributed by atoms with Crippen molar-refractivity contribution in [3.05, 3.63) is 98.9 Å². The van der Waals surface area contributed by atoms with E-state index in [1.165, 1.54) is 0 Å². The van der Waals surface area contributed by atoms with Gasteiger partial charge < -0.3 is 4.90 Å². The van der Waals surface area contributed by atoms with Crippen LogP contribution in [0, 0.1) is 0 Å². The van der Waals surface area contributed by atoms with E-state index >= 15 is 0 Å². The van der Waals surface area contributed by atoms with Crippen molar-refractivity contribution in [1.29, 1.82) is 0 Å². The van der Waals surface area contributed by atoms with E-state index in [1.54, 1.807) is 11.8 Å². The van der Waals surface area contributed by atoms with E-state index in [9.17, 15) is 4.79 Å². The van der Waals surface area contributed by atoms with E-state index in [2.05, 4.69) is 29.2 Å². The highest BCUT2D eigenvalue weighted by Crippen LogP contribution is 2.48. The number of thioether (sulfide) groups is 1. The minimum absolute atomic E-state index is 0.0287. The number of amides is 1. The van der Waals surface area contributed by atoms with Gasteiger partial charge in [0.05, 0.1) is 4.91 Å². The highest BCUT2D eigenvalue weighted by Gasteiger charge is 2.38. The van der Waals surface area contributed by atoms with Gasteiger partial charge in [0.15, 0.2) is 0 Å². The Morgan fingerprint density at radius 1 is 0.867 bits per heavy atom. The van der Waals surface area contributed by atoms with Gasteiger partial charge in [0, 0.05) is 35.5 Å². The zero-order valence-corrected chi connectivity index (χ0v) is 18.9. The molecule has 4 rings (SSSR count). The van der Waals surface area contributed by atoms with E-state index in [1.807, 2.05) is 73.6 Å². The van der Waals surface area contributed by atoms with Crippen LogP contribution in [0.15, 0.2) is 77.7 Å². The maximum Gasteiger partial charge on any atom is 0.266 e. The van der Waals surface area contributed by atoms with E-state index in [0.29, 0.717) is 15.0 Å². The summed E-state index contributed by atoms with van der Waals surface area (Å²) in [5, 5.41) is 1.15. The Bertz CT molecular complexity index is 1080. The predicted molar refractivity (Wildman–Crippen MR) is 129 cm³/mol. The first-order valence-corrected chi connectivity index (χ1v) is 11.1. The largest absolute Gasteiger partial charge is 0.378 e. The van der Waals surface area contributed by atoms with Crippen LogP contribution in [0.2, 0.25) is 10.0 Å². The molecule has 1 heterocycles. The van der Waals surface area contributed by atoms with Crippen LogP contribution in [0.5, 0.6) is 0 Å². The average molecular weight is 455 g/mol. The molecule has 30 heavy (non-hydrogen) atoms. The van der Waals surface area contributed by atoms with Gasteiger partial charge in [0.1, 0.15) is 5.37 Å². The van der Waals surface area contributed by atoms with E-state index in [0.717, 1.165) is 22.5 Å². The van der Waals surface area contributed by atoms with Gasteiger partial charge in [0.25, 0.3) is 5.91 Å². The van der Waals surface area contributed by atoms with Crippen molar-refractivity contribution in [3.8, 4) is 0 Å². The summed E-state index contributed by atoms with van der Waals surface area (Å²) in [7, 11) is 4.02. The fourth-order valence-electron chi connectivity index (χ4n) is 3.26. The summed E-state index contributed by atoms with van der Waals surface area (Å²) in [6.45, 7) is 0. The summed E-state index contributed by atoms with van der Waals surface area (Å²) in [6, 6.07) is 23.2. The molecular weight excluding hydrogens is 435 g/mol. The van der Waals surface area contributed by atoms with Crippen molar-refractivity contribution in [3.63, 3.8) is 0 Å². The predicted octanol–water partition coefficient (Wildman–Crippen LogP) is 6.88. The van der Waals surface area contributed by atoms with Gasteiger partial charge in [0.2, 0.25) is 0 Å². The lowest BCUT2D eigenvalue weighted by Gasteiger charge is -2.24. The minimum Gasteiger partial charge on any atom is -0.378 e. The molecule has 0 aliphatic carbocycles. The van der Waals surface area contributed by atoms with Crippen LogP contribution in [0.4, 0.5) is 11.4 Å². The average Bonchev–Trinajstić information content (AvgIpc) is 3.06. The summed E-state index contributed by atoms with van der Waals surface area (Å²) in [5.74, 6) is -0.0287. The molecule has 1 fully saturated rings. The van der Waals surface area contributed by atoms with Gasteiger partial charge in [-0.1, -0.05) is 59.2 Å². The smallest absolute Gasteiger partial charge is 0.266 e. The SMILES string of the molecule is CN(C)c1ccc([C@@H]2S/C(=C\c3ccc(Cl)cc3)C(=O)N2c2ccc(Cl)cc2)cc1. The monoisotopic (exact) mass is 454 g/mol. The second kappa shape index (κ2) is 8.76. The van der Waals surface area contributed by atoms with Crippen molar-refractivity contribution in [2.45, 2.75) is 5.37 Å². The number of carbonyl (C=O) groups excluding carboxylic acids is 1. The molecule has 0 N–H and O–H groups in total. The van der Waals surface area contributed by atoms with Gasteiger partial charge in [-0.25, -0.2) is 0 Å². The first-order chi connectivity index (χ1) is 14.4. The van der Waals surface area contributed by atoms with Gasteiger partial charge in [-0.15, -0.1) is 0 Å². The van der Waals surface area contributed by atoms with E-state index in [-0.39, 0.29) is 11.3 Å². The number of benzene rings is 3. The molecule has 3 aromatic carbocycles. The number of anilines is 2. The third-order valence-corrected chi connectivity index (χ3v) is 6.63. The molecule has 1 atom stereocenters. The molecule has 0 saturated carbocycles. The summed E-state index contributed by atoms with van der Waals surface area (Å²) in [5.41, 5.74) is 3.93. The molecule has 1 aliphatic rings. The third kappa shape index (κ3) is 4.36. The number of hydrogen-bond acceptors (Lipinski definition) is 3. The molecule has 1 amide bonds. The van der Waals surface area contributed by atoms with Gasteiger partial charge in [-0.05, 0) is 65.7 Å². The summed E-state index contributed by atoms with van der Waals surface area (Å²) < 4.78 is 0. The molecular formula is C24H20Cl2N2OS. The topological polar surface area (TPSA) is 23.6 Å². The molecule has 0 bridgehead atoms. The molecule has 0 spiro atoms. The van der Waals surface area contributed by atoms with Crippen molar-refractivity contribution >= 4 is 58.3 Å². The van der Waals surface area contributed by atoms with E-state index in [4.69, 9.17) is 23.2 Å². The number of hydrogen-bond donors (Lipinski definition) is 0. The lowest BCUT2D eigenvalue weighted by Crippen LogP contribution is -2.27. The van der Waals surface area contributed by atoms with Crippen molar-refractivity contribution in [1.82, 2.24) is 0 Å². The fourth-order valence-corrected chi connectivity index (χ4v) is 4.78. The zero-order valence-electron chi connectivity index (χ0n) is 16.5. The molecule has 0 unspecified atom stereocenters. The van der Waals surface area contributed by atoms with E-state index < -0.39 is 0 Å². The highest BCUT2D eigenvalue weighted by atomic mass is 35.5. The highest BCUT2D eigenvalue weighted by molar-refractivity contribution is 8.05. The quantitative estimate of drug-likeness (QED) is 0.401. The van der Waals surface area contributed by atoms with Crippen LogP contribution in [-0.2, 0) is 4.79 Å². The minimum atomic E-state index is -0.159. The maximum absolute atomic E-state index is 13.4. The third-order valence-electron chi connectivity index (χ3n) is 4.87. The van der Waals surface area contributed by atoms with Crippen LogP contribution in [0.25, 0.3) is 6.08 Å². The number of halogens is 2. The molecule has 3 nitrogen and oxygen atoms in total. The number of carbonyl (C=O) groups is 1. The lowest BCUT2D eigenvalue weighted by atomic mass is 10.1. The normalized spacial score (nSPS) is 17.6. The van der Waals surface area contributed by atoms with Crippen LogP contribution in [0.3, 0.4) is 0 Å². The van der Waals surface area contributed by atoms with Crippen molar-refractivity contribution < 1.29 is 4.79 Å². The Hall–Kier alpha value is -2.40. The van der Waals surface area contributed by atoms with Gasteiger partial charge in [-0.3, -0.25) is 9.69 Å². The Morgan fingerprint density at radius 3 is 2.00 bits per heavy atom. The lowest BCUT2D eigenvalue weighted by molar-refractivity contribution is -0.114. The standard InChI is InChI=1S/C24H20Cl2N2OS/c1-27(2)20-11-5-17(6-12-20)24-28(21-13-9-19(26)10-14-21)23(29)22(30-24)15-16-3-7-18(25)8-4-16/h3-15,24H,1-2H3/b22-15-/t24-/m0/s1. The summed E-state index contributed by atoms with van der Waals surface area (Å²) in [6.07, 6.45) is 1.92. The first-order valence-electron chi connectivity index (χ1n) is 9.43. The van der Waals surface area contributed by atoms with Crippen LogP contribution in [-0.4, -0.2) is 20.0 Å². The molecule has 0 radical (unpaired) electrons. The molecule has 6 heteroatoms. The van der Waals surface area contributed by atoms with Crippen LogP contribution in [0.1, 0.15) is 16.5 Å². The Balaban J connectivity index is 1.74. The second-order valence-corrected chi connectivity index (χ2v) is 9.16. The summed E-state index contributed by atoms with van der Waals surface area (Å²) >= 11 is 13.6.